The second kappa shape index (κ2) is 7.34. The summed E-state index contributed by atoms with van der Waals surface area (Å²) in [4.78, 5) is 34.0. The lowest BCUT2D eigenvalue weighted by Crippen LogP contribution is -2.29. The van der Waals surface area contributed by atoms with Crippen molar-refractivity contribution in [2.45, 2.75) is 12.8 Å². The first-order chi connectivity index (χ1) is 13.5. The number of carbonyl (C=O) groups excluding carboxylic acids is 2. The van der Waals surface area contributed by atoms with Gasteiger partial charge in [-0.3, -0.25) is 14.0 Å². The van der Waals surface area contributed by atoms with Crippen LogP contribution in [0.15, 0.2) is 48.7 Å². The van der Waals surface area contributed by atoms with Crippen molar-refractivity contribution in [3.8, 4) is 0 Å². The molecule has 2 amide bonds. The third-order valence-electron chi connectivity index (χ3n) is 4.99. The molecular formula is C21H23N5O2. The van der Waals surface area contributed by atoms with E-state index in [-0.39, 0.29) is 23.3 Å². The van der Waals surface area contributed by atoms with Crippen LogP contribution < -0.4 is 10.2 Å². The van der Waals surface area contributed by atoms with Gasteiger partial charge in [-0.05, 0) is 49.2 Å². The molecule has 0 atom stereocenters. The summed E-state index contributed by atoms with van der Waals surface area (Å²) in [6, 6.07) is 13.0. The van der Waals surface area contributed by atoms with Crippen molar-refractivity contribution in [2.24, 2.45) is 0 Å². The van der Waals surface area contributed by atoms with Gasteiger partial charge in [0.2, 0.25) is 5.82 Å². The fourth-order valence-corrected chi connectivity index (χ4v) is 3.45. The van der Waals surface area contributed by atoms with Gasteiger partial charge in [-0.1, -0.05) is 6.07 Å². The van der Waals surface area contributed by atoms with Crippen molar-refractivity contribution in [1.82, 2.24) is 14.3 Å². The molecule has 7 heteroatoms. The van der Waals surface area contributed by atoms with E-state index in [0.717, 1.165) is 31.6 Å². The number of amides is 2. The highest BCUT2D eigenvalue weighted by atomic mass is 16.2. The van der Waals surface area contributed by atoms with Crippen molar-refractivity contribution in [1.29, 1.82) is 0 Å². The lowest BCUT2D eigenvalue weighted by molar-refractivity contribution is 0.0780. The average molecular weight is 377 g/mol. The molecule has 3 aromatic rings. The van der Waals surface area contributed by atoms with E-state index >= 15 is 0 Å². The topological polar surface area (TPSA) is 70.0 Å². The zero-order valence-electron chi connectivity index (χ0n) is 16.1. The Kier molecular flexibility index (Phi) is 4.73. The lowest BCUT2D eigenvalue weighted by atomic mass is 10.2. The summed E-state index contributed by atoms with van der Waals surface area (Å²) in [7, 11) is 3.92. The maximum absolute atomic E-state index is 12.9. The smallest absolute Gasteiger partial charge is 0.290 e. The fraction of sp³-hybridized carbons (Fsp3) is 0.286. The minimum Gasteiger partial charge on any atom is -0.378 e. The first-order valence-electron chi connectivity index (χ1n) is 9.40. The Labute approximate surface area is 163 Å². The summed E-state index contributed by atoms with van der Waals surface area (Å²) in [6.45, 7) is 1.47. The van der Waals surface area contributed by atoms with Gasteiger partial charge in [0, 0.05) is 44.8 Å². The predicted octanol–water partition coefficient (Wildman–Crippen LogP) is 2.89. The van der Waals surface area contributed by atoms with Crippen LogP contribution in [-0.2, 0) is 0 Å². The zero-order valence-corrected chi connectivity index (χ0v) is 16.1. The monoisotopic (exact) mass is 377 g/mol. The molecule has 1 saturated heterocycles. The second-order valence-corrected chi connectivity index (χ2v) is 7.13. The van der Waals surface area contributed by atoms with E-state index in [4.69, 9.17) is 0 Å². The maximum Gasteiger partial charge on any atom is 0.290 e. The molecule has 0 spiro atoms. The zero-order chi connectivity index (χ0) is 19.7. The number of rotatable bonds is 4. The van der Waals surface area contributed by atoms with Crippen molar-refractivity contribution >= 4 is 28.7 Å². The Morgan fingerprint density at radius 1 is 1.04 bits per heavy atom. The number of anilines is 2. The Balaban J connectivity index is 1.64. The van der Waals surface area contributed by atoms with Crippen LogP contribution in [0.25, 0.3) is 5.52 Å². The molecule has 0 unspecified atom stereocenters. The van der Waals surface area contributed by atoms with Gasteiger partial charge < -0.3 is 15.1 Å². The molecule has 0 aliphatic carbocycles. The van der Waals surface area contributed by atoms with E-state index in [0.29, 0.717) is 11.2 Å². The number of fused-ring (bicyclic) bond motifs is 1. The highest BCUT2D eigenvalue weighted by molar-refractivity contribution is 6.09. The standard InChI is InChI=1S/C21H23N5O2/c1-24(2)16-10-8-15(9-11-16)22-20(27)18-17-7-3-4-14-26(17)19(23-18)21(28)25-12-5-6-13-25/h3-4,7-11,14H,5-6,12-13H2,1-2H3,(H,22,27). The van der Waals surface area contributed by atoms with Crippen LogP contribution in [0.2, 0.25) is 0 Å². The molecule has 1 aliphatic rings. The third-order valence-corrected chi connectivity index (χ3v) is 4.99. The number of aromatic nitrogens is 2. The molecule has 3 heterocycles. The van der Waals surface area contributed by atoms with Crippen LogP contribution in [0, 0.1) is 0 Å². The normalized spacial score (nSPS) is 13.7. The molecule has 2 aromatic heterocycles. The fourth-order valence-electron chi connectivity index (χ4n) is 3.45. The van der Waals surface area contributed by atoms with Crippen LogP contribution in [0.4, 0.5) is 11.4 Å². The Morgan fingerprint density at radius 3 is 2.43 bits per heavy atom. The Morgan fingerprint density at radius 2 is 1.75 bits per heavy atom. The number of benzene rings is 1. The average Bonchev–Trinajstić information content (AvgIpc) is 3.36. The molecule has 1 aromatic carbocycles. The summed E-state index contributed by atoms with van der Waals surface area (Å²) < 4.78 is 1.70. The van der Waals surface area contributed by atoms with E-state index in [9.17, 15) is 9.59 Å². The molecule has 1 fully saturated rings. The number of imidazole rings is 1. The van der Waals surface area contributed by atoms with Crippen LogP contribution >= 0.6 is 0 Å². The van der Waals surface area contributed by atoms with Gasteiger partial charge in [-0.15, -0.1) is 0 Å². The first-order valence-corrected chi connectivity index (χ1v) is 9.40. The number of nitrogens with zero attached hydrogens (tertiary/aromatic N) is 4. The molecule has 1 aliphatic heterocycles. The molecule has 144 valence electrons. The first kappa shape index (κ1) is 18.0. The molecule has 0 saturated carbocycles. The van der Waals surface area contributed by atoms with Crippen molar-refractivity contribution in [2.75, 3.05) is 37.4 Å². The minimum absolute atomic E-state index is 0.131. The van der Waals surface area contributed by atoms with Gasteiger partial charge in [0.05, 0.1) is 5.52 Å². The van der Waals surface area contributed by atoms with E-state index in [2.05, 4.69) is 10.3 Å². The molecular weight excluding hydrogens is 354 g/mol. The second-order valence-electron chi connectivity index (χ2n) is 7.13. The number of likely N-dealkylation sites (tertiary alicyclic amines) is 1. The number of hydrogen-bond acceptors (Lipinski definition) is 4. The number of hydrogen-bond donors (Lipinski definition) is 1. The summed E-state index contributed by atoms with van der Waals surface area (Å²) in [5.74, 6) is -0.180. The molecule has 4 rings (SSSR count). The quantitative estimate of drug-likeness (QED) is 0.759. The molecule has 28 heavy (non-hydrogen) atoms. The van der Waals surface area contributed by atoms with Crippen LogP contribution in [0.1, 0.15) is 33.9 Å². The number of pyridine rings is 1. The predicted molar refractivity (Wildman–Crippen MR) is 109 cm³/mol. The van der Waals surface area contributed by atoms with Crippen LogP contribution in [0.5, 0.6) is 0 Å². The highest BCUT2D eigenvalue weighted by Crippen LogP contribution is 2.20. The van der Waals surface area contributed by atoms with Crippen molar-refractivity contribution in [3.63, 3.8) is 0 Å². The number of carbonyl (C=O) groups is 2. The maximum atomic E-state index is 12.9. The van der Waals surface area contributed by atoms with Crippen molar-refractivity contribution < 1.29 is 9.59 Å². The van der Waals surface area contributed by atoms with Gasteiger partial charge in [0.1, 0.15) is 0 Å². The SMILES string of the molecule is CN(C)c1ccc(NC(=O)c2nc(C(=O)N3CCCC3)n3ccccc23)cc1. The van der Waals surface area contributed by atoms with Crippen molar-refractivity contribution in [3.05, 3.63) is 60.2 Å². The lowest BCUT2D eigenvalue weighted by Gasteiger charge is -2.13. The van der Waals surface area contributed by atoms with E-state index in [1.165, 1.54) is 0 Å². The molecule has 0 radical (unpaired) electrons. The summed E-state index contributed by atoms with van der Waals surface area (Å²) in [6.07, 6.45) is 3.78. The number of nitrogens with one attached hydrogen (secondary N) is 1. The largest absolute Gasteiger partial charge is 0.378 e. The van der Waals surface area contributed by atoms with E-state index < -0.39 is 0 Å². The highest BCUT2D eigenvalue weighted by Gasteiger charge is 2.26. The summed E-state index contributed by atoms with van der Waals surface area (Å²) in [5.41, 5.74) is 2.59. The van der Waals surface area contributed by atoms with E-state index in [1.807, 2.05) is 55.4 Å². The van der Waals surface area contributed by atoms with E-state index in [1.54, 1.807) is 21.6 Å². The van der Waals surface area contributed by atoms with Gasteiger partial charge in [-0.25, -0.2) is 4.98 Å². The summed E-state index contributed by atoms with van der Waals surface area (Å²) >= 11 is 0. The molecule has 1 N–H and O–H groups in total. The molecule has 7 nitrogen and oxygen atoms in total. The van der Waals surface area contributed by atoms with Gasteiger partial charge in [-0.2, -0.15) is 0 Å². The Hall–Kier alpha value is -3.35. The van der Waals surface area contributed by atoms with Crippen LogP contribution in [-0.4, -0.2) is 53.3 Å². The van der Waals surface area contributed by atoms with Gasteiger partial charge in [0.25, 0.3) is 11.8 Å². The molecule has 0 bridgehead atoms. The third kappa shape index (κ3) is 3.31. The minimum atomic E-state index is -0.332. The Bertz CT molecular complexity index is 1020. The van der Waals surface area contributed by atoms with Crippen LogP contribution in [0.3, 0.4) is 0 Å². The van der Waals surface area contributed by atoms with Gasteiger partial charge >= 0.3 is 0 Å². The van der Waals surface area contributed by atoms with Gasteiger partial charge in [0.15, 0.2) is 5.69 Å². The summed E-state index contributed by atoms with van der Waals surface area (Å²) in [5, 5.41) is 2.88.